The monoisotopic (exact) mass is 409 g/mol. The quantitative estimate of drug-likeness (QED) is 0.402. The second kappa shape index (κ2) is 8.59. The molecule has 0 fully saturated rings. The molecule has 0 saturated heterocycles. The van der Waals surface area contributed by atoms with Crippen LogP contribution in [0, 0.1) is 0 Å². The molecule has 0 amide bonds. The van der Waals surface area contributed by atoms with E-state index in [1.165, 1.54) is 5.39 Å². The van der Waals surface area contributed by atoms with E-state index in [2.05, 4.69) is 33.5 Å². The van der Waals surface area contributed by atoms with Crippen LogP contribution in [-0.2, 0) is 6.42 Å². The lowest BCUT2D eigenvalue weighted by molar-refractivity contribution is 0.342. The van der Waals surface area contributed by atoms with Crippen molar-refractivity contribution in [1.82, 2.24) is 9.97 Å². The highest BCUT2D eigenvalue weighted by Crippen LogP contribution is 2.30. The number of rotatable bonds is 7. The highest BCUT2D eigenvalue weighted by Gasteiger charge is 2.07. The van der Waals surface area contributed by atoms with E-state index in [0.29, 0.717) is 6.61 Å². The Morgan fingerprint density at radius 2 is 1.89 bits per heavy atom. The molecule has 0 bridgehead atoms. The molecule has 0 aliphatic carbocycles. The van der Waals surface area contributed by atoms with Crippen LogP contribution in [0.15, 0.2) is 60.2 Å². The number of nitrogens with one attached hydrogen (secondary N) is 1. The van der Waals surface area contributed by atoms with Gasteiger partial charge in [-0.2, -0.15) is 0 Å². The Labute approximate surface area is 173 Å². The average molecular weight is 410 g/mol. The van der Waals surface area contributed by atoms with Gasteiger partial charge in [0, 0.05) is 29.1 Å². The van der Waals surface area contributed by atoms with Crippen molar-refractivity contribution in [2.45, 2.75) is 13.3 Å². The predicted molar refractivity (Wildman–Crippen MR) is 118 cm³/mol. The third kappa shape index (κ3) is 4.26. The Kier molecular flexibility index (Phi) is 5.74. The first-order chi connectivity index (χ1) is 13.7. The summed E-state index contributed by atoms with van der Waals surface area (Å²) < 4.78 is 5.53. The molecule has 0 saturated carbocycles. The smallest absolute Gasteiger partial charge is 0.130 e. The highest BCUT2D eigenvalue weighted by molar-refractivity contribution is 7.13. The van der Waals surface area contributed by atoms with Crippen molar-refractivity contribution in [3.8, 4) is 16.3 Å². The lowest BCUT2D eigenvalue weighted by atomic mass is 10.0. The molecule has 2 heterocycles. The molecule has 2 aromatic carbocycles. The van der Waals surface area contributed by atoms with Gasteiger partial charge in [-0.1, -0.05) is 35.9 Å². The number of halogens is 1. The van der Waals surface area contributed by atoms with Crippen molar-refractivity contribution in [1.29, 1.82) is 0 Å². The highest BCUT2D eigenvalue weighted by atomic mass is 35.5. The minimum absolute atomic E-state index is 0.657. The number of aromatic nitrogens is 2. The molecule has 6 heteroatoms. The third-order valence-corrected chi connectivity index (χ3v) is 5.70. The molecule has 0 aliphatic heterocycles. The van der Waals surface area contributed by atoms with E-state index in [9.17, 15) is 0 Å². The molecule has 142 valence electrons. The van der Waals surface area contributed by atoms with Crippen molar-refractivity contribution in [2.24, 2.45) is 0 Å². The topological polar surface area (TPSA) is 47.0 Å². The largest absolute Gasteiger partial charge is 0.493 e. The van der Waals surface area contributed by atoms with E-state index in [4.69, 9.17) is 16.3 Å². The van der Waals surface area contributed by atoms with Gasteiger partial charge in [-0.25, -0.2) is 9.97 Å². The van der Waals surface area contributed by atoms with E-state index in [0.717, 1.165) is 51.1 Å². The average Bonchev–Trinajstić information content (AvgIpc) is 3.18. The molecular weight excluding hydrogens is 390 g/mol. The van der Waals surface area contributed by atoms with Gasteiger partial charge in [-0.15, -0.1) is 11.3 Å². The first-order valence-corrected chi connectivity index (χ1v) is 10.4. The van der Waals surface area contributed by atoms with Crippen LogP contribution in [0.3, 0.4) is 0 Å². The van der Waals surface area contributed by atoms with Gasteiger partial charge in [-0.3, -0.25) is 0 Å². The maximum Gasteiger partial charge on any atom is 0.130 e. The Morgan fingerprint density at radius 3 is 2.71 bits per heavy atom. The zero-order valence-corrected chi connectivity index (χ0v) is 17.1. The minimum atomic E-state index is 0.657. The summed E-state index contributed by atoms with van der Waals surface area (Å²) in [6, 6.07) is 16.4. The van der Waals surface area contributed by atoms with Crippen molar-refractivity contribution < 1.29 is 4.74 Å². The van der Waals surface area contributed by atoms with E-state index < -0.39 is 0 Å². The van der Waals surface area contributed by atoms with E-state index >= 15 is 0 Å². The van der Waals surface area contributed by atoms with Crippen LogP contribution < -0.4 is 10.1 Å². The summed E-state index contributed by atoms with van der Waals surface area (Å²) in [5.74, 6) is 1.68. The van der Waals surface area contributed by atoms with E-state index in [1.807, 2.05) is 42.6 Å². The normalized spacial score (nSPS) is 10.9. The standard InChI is InChI=1S/C22H20ClN3OS/c1-2-27-18-11-21(28-13-18)20-12-22(26-14-25-20)24-8-7-17-9-15-5-3-4-6-16(15)10-19(17)23/h3-6,9-14H,2,7-8H2,1H3,(H,24,25,26). The number of anilines is 1. The van der Waals surface area contributed by atoms with Gasteiger partial charge in [0.1, 0.15) is 17.9 Å². The zero-order chi connectivity index (χ0) is 19.3. The predicted octanol–water partition coefficient (Wildman–Crippen LogP) is 6.07. The van der Waals surface area contributed by atoms with Crippen LogP contribution in [0.25, 0.3) is 21.3 Å². The number of hydrogen-bond acceptors (Lipinski definition) is 5. The molecule has 0 radical (unpaired) electrons. The Morgan fingerprint density at radius 1 is 1.07 bits per heavy atom. The maximum atomic E-state index is 6.45. The molecule has 4 aromatic rings. The first kappa shape index (κ1) is 18.7. The van der Waals surface area contributed by atoms with Gasteiger partial charge in [0.15, 0.2) is 0 Å². The molecular formula is C22H20ClN3OS. The van der Waals surface area contributed by atoms with Crippen LogP contribution in [0.5, 0.6) is 5.75 Å². The fraction of sp³-hybridized carbons (Fsp3) is 0.182. The maximum absolute atomic E-state index is 6.45. The van der Waals surface area contributed by atoms with Gasteiger partial charge in [0.25, 0.3) is 0 Å². The summed E-state index contributed by atoms with van der Waals surface area (Å²) in [7, 11) is 0. The Balaban J connectivity index is 1.43. The molecule has 4 rings (SSSR count). The molecule has 1 N–H and O–H groups in total. The van der Waals surface area contributed by atoms with Crippen LogP contribution in [-0.4, -0.2) is 23.1 Å². The molecule has 28 heavy (non-hydrogen) atoms. The number of nitrogens with zero attached hydrogens (tertiary/aromatic N) is 2. The molecule has 0 unspecified atom stereocenters. The molecule has 2 aromatic heterocycles. The fourth-order valence-electron chi connectivity index (χ4n) is 3.06. The summed E-state index contributed by atoms with van der Waals surface area (Å²) in [4.78, 5) is 9.77. The number of thiophene rings is 1. The minimum Gasteiger partial charge on any atom is -0.493 e. The Hall–Kier alpha value is -2.63. The number of hydrogen-bond donors (Lipinski definition) is 1. The number of benzene rings is 2. The fourth-order valence-corrected chi connectivity index (χ4v) is 4.12. The lowest BCUT2D eigenvalue weighted by Crippen LogP contribution is -2.07. The summed E-state index contributed by atoms with van der Waals surface area (Å²) in [5.41, 5.74) is 2.01. The SMILES string of the molecule is CCOc1csc(-c2cc(NCCc3cc4ccccc4cc3Cl)ncn2)c1. The van der Waals surface area contributed by atoms with Crippen LogP contribution in [0.2, 0.25) is 5.02 Å². The molecule has 0 spiro atoms. The summed E-state index contributed by atoms with van der Waals surface area (Å²) in [5, 5.41) is 8.53. The number of ether oxygens (including phenoxy) is 1. The van der Waals surface area contributed by atoms with Gasteiger partial charge < -0.3 is 10.1 Å². The van der Waals surface area contributed by atoms with Crippen molar-refractivity contribution in [3.05, 3.63) is 70.8 Å². The second-order valence-electron chi connectivity index (χ2n) is 6.34. The van der Waals surface area contributed by atoms with Crippen molar-refractivity contribution in [3.63, 3.8) is 0 Å². The van der Waals surface area contributed by atoms with Crippen molar-refractivity contribution in [2.75, 3.05) is 18.5 Å². The summed E-state index contributed by atoms with van der Waals surface area (Å²) in [6.07, 6.45) is 2.40. The van der Waals surface area contributed by atoms with E-state index in [-0.39, 0.29) is 0 Å². The zero-order valence-electron chi connectivity index (χ0n) is 15.5. The molecule has 0 atom stereocenters. The first-order valence-electron chi connectivity index (χ1n) is 9.17. The lowest BCUT2D eigenvalue weighted by Gasteiger charge is -2.09. The van der Waals surface area contributed by atoms with Gasteiger partial charge in [0.2, 0.25) is 0 Å². The van der Waals surface area contributed by atoms with Crippen LogP contribution in [0.4, 0.5) is 5.82 Å². The van der Waals surface area contributed by atoms with Crippen LogP contribution in [0.1, 0.15) is 12.5 Å². The molecule has 4 nitrogen and oxygen atoms in total. The van der Waals surface area contributed by atoms with E-state index in [1.54, 1.807) is 17.7 Å². The Bertz CT molecular complexity index is 1100. The molecule has 0 aliphatic rings. The second-order valence-corrected chi connectivity index (χ2v) is 7.65. The van der Waals surface area contributed by atoms with Gasteiger partial charge >= 0.3 is 0 Å². The number of fused-ring (bicyclic) bond motifs is 1. The summed E-state index contributed by atoms with van der Waals surface area (Å²) >= 11 is 8.07. The van der Waals surface area contributed by atoms with Crippen molar-refractivity contribution >= 4 is 39.5 Å². The van der Waals surface area contributed by atoms with Crippen LogP contribution >= 0.6 is 22.9 Å². The summed E-state index contributed by atoms with van der Waals surface area (Å²) in [6.45, 7) is 3.37. The van der Waals surface area contributed by atoms with Gasteiger partial charge in [0.05, 0.1) is 17.2 Å². The third-order valence-electron chi connectivity index (χ3n) is 4.42. The van der Waals surface area contributed by atoms with Gasteiger partial charge in [-0.05, 0) is 41.8 Å².